The lowest BCUT2D eigenvalue weighted by Crippen LogP contribution is -2.26. The highest BCUT2D eigenvalue weighted by Gasteiger charge is 2.15. The monoisotopic (exact) mass is 356 g/mol. The predicted octanol–water partition coefficient (Wildman–Crippen LogP) is 2.68. The number of carbonyl (C=O) groups is 1. The Morgan fingerprint density at radius 3 is 2.85 bits per heavy atom. The number of nitrogens with one attached hydrogen (secondary N) is 1. The Balaban J connectivity index is 1.66. The molecule has 0 saturated carbocycles. The van der Waals surface area contributed by atoms with E-state index >= 15 is 0 Å². The molecule has 138 valence electrons. The molecule has 1 N–H and O–H groups in total. The summed E-state index contributed by atoms with van der Waals surface area (Å²) < 4.78 is 10.7. The molecule has 0 fully saturated rings. The van der Waals surface area contributed by atoms with E-state index in [0.29, 0.717) is 23.9 Å². The van der Waals surface area contributed by atoms with Crippen LogP contribution in [0.1, 0.15) is 41.5 Å². The summed E-state index contributed by atoms with van der Waals surface area (Å²) in [7, 11) is 1.94. The Morgan fingerprint density at radius 2 is 2.04 bits per heavy atom. The van der Waals surface area contributed by atoms with Gasteiger partial charge in [0, 0.05) is 25.8 Å². The zero-order valence-electron chi connectivity index (χ0n) is 15.4. The Hall–Kier alpha value is -2.83. The maximum Gasteiger partial charge on any atom is 0.270 e. The van der Waals surface area contributed by atoms with Crippen molar-refractivity contribution in [1.29, 1.82) is 0 Å². The molecule has 1 aliphatic rings. The van der Waals surface area contributed by atoms with E-state index in [4.69, 9.17) is 9.47 Å². The molecule has 2 aromatic rings. The number of hydrogen-bond donors (Lipinski definition) is 1. The van der Waals surface area contributed by atoms with Crippen LogP contribution in [0.3, 0.4) is 0 Å². The molecule has 0 saturated heterocycles. The number of unbranched alkanes of at least 4 members (excludes halogenated alkanes) is 1. The highest BCUT2D eigenvalue weighted by atomic mass is 16.7. The average molecular weight is 356 g/mol. The quantitative estimate of drug-likeness (QED) is 0.822. The van der Waals surface area contributed by atoms with E-state index < -0.39 is 0 Å². The molecular weight excluding hydrogens is 332 g/mol. The number of rotatable bonds is 7. The van der Waals surface area contributed by atoms with Crippen molar-refractivity contribution < 1.29 is 14.3 Å². The lowest BCUT2D eigenvalue weighted by atomic mass is 10.2. The minimum atomic E-state index is -0.224. The molecule has 7 heteroatoms. The summed E-state index contributed by atoms with van der Waals surface area (Å²) >= 11 is 0. The number of hydrogen-bond acceptors (Lipinski definition) is 6. The van der Waals surface area contributed by atoms with Gasteiger partial charge in [0.1, 0.15) is 5.69 Å². The third-order valence-electron chi connectivity index (χ3n) is 4.15. The molecule has 0 bridgehead atoms. The number of benzene rings is 1. The van der Waals surface area contributed by atoms with Crippen LogP contribution < -0.4 is 19.7 Å². The molecule has 7 nitrogen and oxygen atoms in total. The first kappa shape index (κ1) is 18.0. The summed E-state index contributed by atoms with van der Waals surface area (Å²) in [6, 6.07) is 7.33. The third-order valence-corrected chi connectivity index (χ3v) is 4.15. The van der Waals surface area contributed by atoms with E-state index in [2.05, 4.69) is 22.2 Å². The zero-order chi connectivity index (χ0) is 18.5. The fourth-order valence-corrected chi connectivity index (χ4v) is 2.66. The lowest BCUT2D eigenvalue weighted by Gasteiger charge is -2.17. The van der Waals surface area contributed by atoms with Gasteiger partial charge in [-0.2, -0.15) is 0 Å². The van der Waals surface area contributed by atoms with Crippen molar-refractivity contribution in [2.75, 3.05) is 25.3 Å². The molecule has 3 rings (SSSR count). The first-order valence-electron chi connectivity index (χ1n) is 8.80. The van der Waals surface area contributed by atoms with E-state index in [1.165, 1.54) is 0 Å². The van der Waals surface area contributed by atoms with Gasteiger partial charge in [0.2, 0.25) is 12.7 Å². The van der Waals surface area contributed by atoms with Crippen molar-refractivity contribution in [2.24, 2.45) is 0 Å². The van der Waals surface area contributed by atoms with Crippen LogP contribution in [-0.2, 0) is 6.54 Å². The number of anilines is 1. The van der Waals surface area contributed by atoms with Crippen molar-refractivity contribution >= 4 is 11.9 Å². The molecule has 0 radical (unpaired) electrons. The van der Waals surface area contributed by atoms with Crippen LogP contribution in [0.5, 0.6) is 11.5 Å². The summed E-state index contributed by atoms with van der Waals surface area (Å²) in [4.78, 5) is 23.3. The Morgan fingerprint density at radius 1 is 1.23 bits per heavy atom. The standard InChI is InChI=1S/C19H24N4O3/c1-4-5-8-23(3)19-21-13(2)9-15(22-19)18(24)20-11-14-6-7-16-17(10-14)26-12-25-16/h6-7,9-10H,4-5,8,11-12H2,1-3H3,(H,20,24). The first-order chi connectivity index (χ1) is 12.6. The average Bonchev–Trinajstić information content (AvgIpc) is 3.11. The van der Waals surface area contributed by atoms with Crippen molar-refractivity contribution in [1.82, 2.24) is 15.3 Å². The van der Waals surface area contributed by atoms with Gasteiger partial charge in [-0.25, -0.2) is 9.97 Å². The van der Waals surface area contributed by atoms with Gasteiger partial charge in [0.05, 0.1) is 0 Å². The summed E-state index contributed by atoms with van der Waals surface area (Å²) in [6.07, 6.45) is 2.15. The normalized spacial score (nSPS) is 12.1. The SMILES string of the molecule is CCCCN(C)c1nc(C)cc(C(=O)NCc2ccc3c(c2)OCO3)n1. The summed E-state index contributed by atoms with van der Waals surface area (Å²) in [5.41, 5.74) is 2.08. The molecular formula is C19H24N4O3. The Labute approximate surface area is 153 Å². The van der Waals surface area contributed by atoms with Gasteiger partial charge in [0.25, 0.3) is 5.91 Å². The molecule has 2 heterocycles. The Bertz CT molecular complexity index is 794. The maximum atomic E-state index is 12.5. The summed E-state index contributed by atoms with van der Waals surface area (Å²) in [5.74, 6) is 1.78. The van der Waals surface area contributed by atoms with Gasteiger partial charge >= 0.3 is 0 Å². The number of nitrogens with zero attached hydrogens (tertiary/aromatic N) is 3. The summed E-state index contributed by atoms with van der Waals surface area (Å²) in [6.45, 7) is 5.49. The van der Waals surface area contributed by atoms with E-state index in [0.717, 1.165) is 36.4 Å². The topological polar surface area (TPSA) is 76.6 Å². The van der Waals surface area contributed by atoms with Crippen LogP contribution in [0.4, 0.5) is 5.95 Å². The minimum absolute atomic E-state index is 0.224. The number of fused-ring (bicyclic) bond motifs is 1. The molecule has 1 aromatic carbocycles. The van der Waals surface area contributed by atoms with Gasteiger partial charge in [-0.1, -0.05) is 19.4 Å². The fourth-order valence-electron chi connectivity index (χ4n) is 2.66. The van der Waals surface area contributed by atoms with E-state index in [-0.39, 0.29) is 12.7 Å². The fraction of sp³-hybridized carbons (Fsp3) is 0.421. The van der Waals surface area contributed by atoms with E-state index in [9.17, 15) is 4.79 Å². The van der Waals surface area contributed by atoms with Crippen LogP contribution in [0.2, 0.25) is 0 Å². The van der Waals surface area contributed by atoms with Crippen LogP contribution >= 0.6 is 0 Å². The van der Waals surface area contributed by atoms with Crippen molar-refractivity contribution in [3.8, 4) is 11.5 Å². The number of amides is 1. The van der Waals surface area contributed by atoms with Crippen molar-refractivity contribution in [3.05, 3.63) is 41.2 Å². The number of ether oxygens (including phenoxy) is 2. The van der Waals surface area contributed by atoms with Gasteiger partial charge in [-0.05, 0) is 37.1 Å². The van der Waals surface area contributed by atoms with Crippen molar-refractivity contribution in [3.63, 3.8) is 0 Å². The molecule has 1 aromatic heterocycles. The molecule has 1 aliphatic heterocycles. The van der Waals surface area contributed by atoms with Gasteiger partial charge in [-0.3, -0.25) is 4.79 Å². The lowest BCUT2D eigenvalue weighted by molar-refractivity contribution is 0.0945. The minimum Gasteiger partial charge on any atom is -0.454 e. The molecule has 0 spiro atoms. The predicted molar refractivity (Wildman–Crippen MR) is 98.7 cm³/mol. The van der Waals surface area contributed by atoms with Crippen LogP contribution in [0.15, 0.2) is 24.3 Å². The van der Waals surface area contributed by atoms with Gasteiger partial charge in [0.15, 0.2) is 11.5 Å². The number of aryl methyl sites for hydroxylation is 1. The van der Waals surface area contributed by atoms with Crippen LogP contribution in [0, 0.1) is 6.92 Å². The zero-order valence-corrected chi connectivity index (χ0v) is 15.4. The highest BCUT2D eigenvalue weighted by molar-refractivity contribution is 5.92. The second kappa shape index (κ2) is 8.03. The smallest absolute Gasteiger partial charge is 0.270 e. The van der Waals surface area contributed by atoms with Crippen LogP contribution in [-0.4, -0.2) is 36.3 Å². The molecule has 0 aliphatic carbocycles. The maximum absolute atomic E-state index is 12.5. The van der Waals surface area contributed by atoms with Gasteiger partial charge < -0.3 is 19.7 Å². The molecule has 1 amide bonds. The molecule has 0 atom stereocenters. The van der Waals surface area contributed by atoms with E-state index in [1.54, 1.807) is 6.07 Å². The number of aromatic nitrogens is 2. The van der Waals surface area contributed by atoms with E-state index in [1.807, 2.05) is 37.1 Å². The first-order valence-corrected chi connectivity index (χ1v) is 8.80. The van der Waals surface area contributed by atoms with Gasteiger partial charge in [-0.15, -0.1) is 0 Å². The Kier molecular flexibility index (Phi) is 5.55. The summed E-state index contributed by atoms with van der Waals surface area (Å²) in [5, 5.41) is 2.90. The van der Waals surface area contributed by atoms with Crippen LogP contribution in [0.25, 0.3) is 0 Å². The highest BCUT2D eigenvalue weighted by Crippen LogP contribution is 2.32. The third kappa shape index (κ3) is 4.22. The second-order valence-electron chi connectivity index (χ2n) is 6.34. The second-order valence-corrected chi connectivity index (χ2v) is 6.34. The molecule has 26 heavy (non-hydrogen) atoms. The largest absolute Gasteiger partial charge is 0.454 e. The number of carbonyl (C=O) groups excluding carboxylic acids is 1. The molecule has 0 unspecified atom stereocenters. The van der Waals surface area contributed by atoms with Crippen molar-refractivity contribution in [2.45, 2.75) is 33.2 Å².